The van der Waals surface area contributed by atoms with E-state index in [0.29, 0.717) is 24.0 Å². The predicted octanol–water partition coefficient (Wildman–Crippen LogP) is 4.54. The molecule has 1 nitrogen and oxygen atoms in total. The number of carbonyl (C=O) groups is 1. The third-order valence-corrected chi connectivity index (χ3v) is 5.80. The van der Waals surface area contributed by atoms with Gasteiger partial charge in [-0.25, -0.2) is 0 Å². The Balaban J connectivity index is 1.55. The summed E-state index contributed by atoms with van der Waals surface area (Å²) >= 11 is 3.54. The topological polar surface area (TPSA) is 17.1 Å². The number of hydrogen-bond donors (Lipinski definition) is 0. The molecule has 4 rings (SSSR count). The van der Waals surface area contributed by atoms with Gasteiger partial charge in [0.2, 0.25) is 0 Å². The van der Waals surface area contributed by atoms with Crippen molar-refractivity contribution in [3.63, 3.8) is 0 Å². The second-order valence-corrected chi connectivity index (χ2v) is 7.04. The maximum atomic E-state index is 12.7. The van der Waals surface area contributed by atoms with E-state index in [1.807, 2.05) is 24.3 Å². The van der Waals surface area contributed by atoms with Gasteiger partial charge in [-0.05, 0) is 47.4 Å². The van der Waals surface area contributed by atoms with E-state index >= 15 is 0 Å². The van der Waals surface area contributed by atoms with Crippen molar-refractivity contribution in [2.45, 2.75) is 25.2 Å². The highest BCUT2D eigenvalue weighted by Gasteiger charge is 2.56. The Morgan fingerprint density at radius 3 is 2.71 bits per heavy atom. The minimum atomic E-state index is 0.251. The number of hydrogen-bond acceptors (Lipinski definition) is 1. The molecule has 2 aromatic rings. The van der Waals surface area contributed by atoms with Crippen LogP contribution in [0.25, 0.3) is 0 Å². The summed E-state index contributed by atoms with van der Waals surface area (Å²) in [5.41, 5.74) is 3.99. The molecule has 3 unspecified atom stereocenters. The fraction of sp³-hybridized carbons (Fsp3) is 0.316. The van der Waals surface area contributed by atoms with Gasteiger partial charge in [0, 0.05) is 16.8 Å². The molecule has 0 aliphatic heterocycles. The van der Waals surface area contributed by atoms with Gasteiger partial charge in [0.25, 0.3) is 0 Å². The summed E-state index contributed by atoms with van der Waals surface area (Å²) in [5.74, 6) is 1.74. The SMILES string of the molecule is O=C(Cc1ccccc1Br)C1C2CCc3ccccc3C21. The lowest BCUT2D eigenvalue weighted by molar-refractivity contribution is -0.120. The molecule has 0 spiro atoms. The van der Waals surface area contributed by atoms with Crippen molar-refractivity contribution in [1.82, 2.24) is 0 Å². The van der Waals surface area contributed by atoms with E-state index in [9.17, 15) is 4.79 Å². The van der Waals surface area contributed by atoms with Crippen LogP contribution in [0.4, 0.5) is 0 Å². The van der Waals surface area contributed by atoms with Crippen LogP contribution in [-0.2, 0) is 17.6 Å². The van der Waals surface area contributed by atoms with E-state index in [2.05, 4.69) is 40.2 Å². The van der Waals surface area contributed by atoms with Crippen LogP contribution in [0.3, 0.4) is 0 Å². The third kappa shape index (κ3) is 2.26. The summed E-state index contributed by atoms with van der Waals surface area (Å²) in [4.78, 5) is 12.7. The van der Waals surface area contributed by atoms with Crippen LogP contribution in [0.5, 0.6) is 0 Å². The summed E-state index contributed by atoms with van der Waals surface area (Å²) in [6.07, 6.45) is 2.87. The molecule has 3 atom stereocenters. The third-order valence-electron chi connectivity index (χ3n) is 5.02. The zero-order valence-electron chi connectivity index (χ0n) is 11.8. The van der Waals surface area contributed by atoms with Gasteiger partial charge >= 0.3 is 0 Å². The lowest BCUT2D eigenvalue weighted by Gasteiger charge is -2.13. The van der Waals surface area contributed by atoms with Gasteiger partial charge in [-0.1, -0.05) is 58.4 Å². The molecule has 2 aliphatic rings. The summed E-state index contributed by atoms with van der Waals surface area (Å²) in [7, 11) is 0. The van der Waals surface area contributed by atoms with E-state index in [1.54, 1.807) is 0 Å². The average molecular weight is 341 g/mol. The summed E-state index contributed by atoms with van der Waals surface area (Å²) < 4.78 is 1.04. The quantitative estimate of drug-likeness (QED) is 0.801. The number of fused-ring (bicyclic) bond motifs is 3. The minimum Gasteiger partial charge on any atom is -0.299 e. The Bertz CT molecular complexity index is 706. The van der Waals surface area contributed by atoms with Gasteiger partial charge in [0.1, 0.15) is 5.78 Å². The Kier molecular flexibility index (Phi) is 3.22. The monoisotopic (exact) mass is 340 g/mol. The van der Waals surface area contributed by atoms with Gasteiger partial charge in [0.05, 0.1) is 0 Å². The predicted molar refractivity (Wildman–Crippen MR) is 87.3 cm³/mol. The molecule has 1 saturated carbocycles. The van der Waals surface area contributed by atoms with Crippen molar-refractivity contribution >= 4 is 21.7 Å². The number of carbonyl (C=O) groups excluding carboxylic acids is 1. The van der Waals surface area contributed by atoms with E-state index in [1.165, 1.54) is 17.5 Å². The lowest BCUT2D eigenvalue weighted by atomic mass is 9.92. The highest BCUT2D eigenvalue weighted by atomic mass is 79.9. The highest BCUT2D eigenvalue weighted by Crippen LogP contribution is 2.60. The van der Waals surface area contributed by atoms with Crippen molar-refractivity contribution in [2.75, 3.05) is 0 Å². The molecule has 2 aliphatic carbocycles. The number of benzene rings is 2. The number of Topliss-reactive ketones (excluding diaryl/α,β-unsaturated/α-hetero) is 1. The van der Waals surface area contributed by atoms with Crippen LogP contribution < -0.4 is 0 Å². The molecule has 106 valence electrons. The second kappa shape index (κ2) is 5.10. The summed E-state index contributed by atoms with van der Waals surface area (Å²) in [5, 5.41) is 0. The van der Waals surface area contributed by atoms with E-state index in [-0.39, 0.29) is 5.92 Å². The van der Waals surface area contributed by atoms with Gasteiger partial charge in [-0.15, -0.1) is 0 Å². The maximum Gasteiger partial charge on any atom is 0.141 e. The van der Waals surface area contributed by atoms with E-state index in [4.69, 9.17) is 0 Å². The maximum absolute atomic E-state index is 12.7. The zero-order chi connectivity index (χ0) is 14.4. The normalized spacial score (nSPS) is 25.9. The molecule has 0 saturated heterocycles. The Hall–Kier alpha value is -1.41. The Morgan fingerprint density at radius 2 is 1.86 bits per heavy atom. The van der Waals surface area contributed by atoms with Crippen LogP contribution in [-0.4, -0.2) is 5.78 Å². The van der Waals surface area contributed by atoms with Gasteiger partial charge in [-0.2, -0.15) is 0 Å². The first-order valence-corrected chi connectivity index (χ1v) is 8.39. The van der Waals surface area contributed by atoms with Crippen LogP contribution in [0.1, 0.15) is 29.0 Å². The minimum absolute atomic E-state index is 0.251. The molecule has 0 amide bonds. The molecule has 0 N–H and O–H groups in total. The van der Waals surface area contributed by atoms with Crippen molar-refractivity contribution < 1.29 is 4.79 Å². The number of aryl methyl sites for hydroxylation is 1. The summed E-state index contributed by atoms with van der Waals surface area (Å²) in [6, 6.07) is 16.7. The first-order chi connectivity index (χ1) is 10.3. The number of halogens is 1. The zero-order valence-corrected chi connectivity index (χ0v) is 13.3. The molecular formula is C19H17BrO. The standard InChI is InChI=1S/C19H17BrO/c20-16-8-4-2-6-13(16)11-17(21)19-15-10-9-12-5-1-3-7-14(12)18(15)19/h1-8,15,18-19H,9-11H2. The van der Waals surface area contributed by atoms with Crippen molar-refractivity contribution in [2.24, 2.45) is 11.8 Å². The molecule has 0 heterocycles. The van der Waals surface area contributed by atoms with Crippen molar-refractivity contribution in [3.05, 3.63) is 69.7 Å². The van der Waals surface area contributed by atoms with E-state index in [0.717, 1.165) is 16.5 Å². The van der Waals surface area contributed by atoms with Gasteiger partial charge < -0.3 is 0 Å². The number of rotatable bonds is 3. The fourth-order valence-corrected chi connectivity index (χ4v) is 4.38. The van der Waals surface area contributed by atoms with Gasteiger partial charge in [0.15, 0.2) is 0 Å². The smallest absolute Gasteiger partial charge is 0.141 e. The van der Waals surface area contributed by atoms with Crippen LogP contribution >= 0.6 is 15.9 Å². The molecule has 2 heteroatoms. The van der Waals surface area contributed by atoms with Crippen molar-refractivity contribution in [3.8, 4) is 0 Å². The molecule has 0 bridgehead atoms. The second-order valence-electron chi connectivity index (χ2n) is 6.19. The Morgan fingerprint density at radius 1 is 1.10 bits per heavy atom. The molecular weight excluding hydrogens is 324 g/mol. The largest absolute Gasteiger partial charge is 0.299 e. The average Bonchev–Trinajstić information content (AvgIpc) is 3.24. The van der Waals surface area contributed by atoms with Crippen molar-refractivity contribution in [1.29, 1.82) is 0 Å². The van der Waals surface area contributed by atoms with E-state index < -0.39 is 0 Å². The van der Waals surface area contributed by atoms with Crippen LogP contribution in [0, 0.1) is 11.8 Å². The molecule has 1 fully saturated rings. The summed E-state index contributed by atoms with van der Waals surface area (Å²) in [6.45, 7) is 0. The Labute approximate surface area is 133 Å². The van der Waals surface area contributed by atoms with Gasteiger partial charge in [-0.3, -0.25) is 4.79 Å². The molecule has 21 heavy (non-hydrogen) atoms. The first kappa shape index (κ1) is 13.3. The molecule has 0 radical (unpaired) electrons. The van der Waals surface area contributed by atoms with Crippen LogP contribution in [0.2, 0.25) is 0 Å². The molecule has 0 aromatic heterocycles. The fourth-order valence-electron chi connectivity index (χ4n) is 3.95. The first-order valence-electron chi connectivity index (χ1n) is 7.59. The lowest BCUT2D eigenvalue weighted by Crippen LogP contribution is -2.07. The number of ketones is 1. The molecule has 2 aromatic carbocycles. The van der Waals surface area contributed by atoms with Crippen LogP contribution in [0.15, 0.2) is 53.0 Å². The highest BCUT2D eigenvalue weighted by molar-refractivity contribution is 9.10.